The van der Waals surface area contributed by atoms with Gasteiger partial charge in [0.25, 0.3) is 0 Å². The van der Waals surface area contributed by atoms with E-state index in [9.17, 15) is 0 Å². The average Bonchev–Trinajstić information content (AvgIpc) is 2.86. The van der Waals surface area contributed by atoms with Gasteiger partial charge in [0, 0.05) is 10.9 Å². The van der Waals surface area contributed by atoms with Gasteiger partial charge in [0.1, 0.15) is 5.01 Å². The van der Waals surface area contributed by atoms with Gasteiger partial charge < -0.3 is 0 Å². The predicted molar refractivity (Wildman–Crippen MR) is 76.0 cm³/mol. The van der Waals surface area contributed by atoms with Crippen molar-refractivity contribution in [3.8, 4) is 10.6 Å². The summed E-state index contributed by atoms with van der Waals surface area (Å²) in [5.74, 6) is 0.622. The fourth-order valence-corrected chi connectivity index (χ4v) is 2.27. The molecule has 17 heavy (non-hydrogen) atoms. The second kappa shape index (κ2) is 5.78. The number of thiazole rings is 1. The van der Waals surface area contributed by atoms with Crippen LogP contribution in [0.2, 0.25) is 0 Å². The van der Waals surface area contributed by atoms with Crippen LogP contribution in [-0.2, 0) is 0 Å². The van der Waals surface area contributed by atoms with Gasteiger partial charge in [-0.15, -0.1) is 11.3 Å². The largest absolute Gasteiger partial charge is 0.237 e. The number of benzene rings is 1. The van der Waals surface area contributed by atoms with Crippen LogP contribution in [0.25, 0.3) is 16.6 Å². The number of rotatable bonds is 4. The second-order valence-electron chi connectivity index (χ2n) is 4.19. The van der Waals surface area contributed by atoms with E-state index < -0.39 is 0 Å². The van der Waals surface area contributed by atoms with Crippen molar-refractivity contribution in [2.24, 2.45) is 5.92 Å². The van der Waals surface area contributed by atoms with E-state index in [4.69, 9.17) is 0 Å². The minimum Gasteiger partial charge on any atom is -0.237 e. The minimum absolute atomic E-state index is 0.622. The summed E-state index contributed by atoms with van der Waals surface area (Å²) < 4.78 is 0. The summed E-state index contributed by atoms with van der Waals surface area (Å²) in [6.45, 7) is 4.42. The van der Waals surface area contributed by atoms with E-state index in [1.54, 1.807) is 11.3 Å². The van der Waals surface area contributed by atoms with Gasteiger partial charge in [0.05, 0.1) is 5.69 Å². The number of allylic oxidation sites excluding steroid dienone is 1. The van der Waals surface area contributed by atoms with Crippen molar-refractivity contribution in [1.82, 2.24) is 4.98 Å². The van der Waals surface area contributed by atoms with Crippen molar-refractivity contribution in [2.75, 3.05) is 0 Å². The zero-order valence-electron chi connectivity index (χ0n) is 10.3. The van der Waals surface area contributed by atoms with Crippen molar-refractivity contribution >= 4 is 17.4 Å². The quantitative estimate of drug-likeness (QED) is 0.746. The number of aromatic nitrogens is 1. The van der Waals surface area contributed by atoms with Crippen molar-refractivity contribution < 1.29 is 0 Å². The Labute approximate surface area is 107 Å². The molecule has 0 amide bonds. The van der Waals surface area contributed by atoms with Crippen LogP contribution in [0.3, 0.4) is 0 Å². The van der Waals surface area contributed by atoms with Crippen LogP contribution in [0, 0.1) is 5.92 Å². The molecule has 1 nitrogen and oxygen atoms in total. The molecule has 2 heteroatoms. The van der Waals surface area contributed by atoms with Crippen molar-refractivity contribution in [3.63, 3.8) is 0 Å². The molecule has 0 aliphatic carbocycles. The molecule has 0 aliphatic rings. The molecule has 2 aromatic rings. The van der Waals surface area contributed by atoms with Gasteiger partial charge in [-0.25, -0.2) is 4.98 Å². The van der Waals surface area contributed by atoms with Gasteiger partial charge in [0.2, 0.25) is 0 Å². The molecule has 0 spiro atoms. The Morgan fingerprint density at radius 1 is 1.29 bits per heavy atom. The second-order valence-corrected chi connectivity index (χ2v) is 5.05. The Kier molecular flexibility index (Phi) is 4.10. The van der Waals surface area contributed by atoms with Gasteiger partial charge >= 0.3 is 0 Å². The normalized spacial score (nSPS) is 13.1. The Balaban J connectivity index is 2.14. The zero-order valence-corrected chi connectivity index (χ0v) is 11.1. The molecule has 0 radical (unpaired) electrons. The SMILES string of the molecule is CCC(C)/C=C/c1csc(-c2ccccc2)n1. The maximum atomic E-state index is 4.62. The highest BCUT2D eigenvalue weighted by atomic mass is 32.1. The summed E-state index contributed by atoms with van der Waals surface area (Å²) >= 11 is 1.70. The standard InChI is InChI=1S/C15H17NS/c1-3-12(2)9-10-14-11-17-15(16-14)13-7-5-4-6-8-13/h4-12H,3H2,1-2H3/b10-9+. The molecular weight excluding hydrogens is 226 g/mol. The van der Waals surface area contributed by atoms with Gasteiger partial charge in [-0.05, 0) is 12.0 Å². The summed E-state index contributed by atoms with van der Waals surface area (Å²) in [5, 5.41) is 3.20. The molecule has 0 saturated carbocycles. The molecule has 0 saturated heterocycles. The van der Waals surface area contributed by atoms with E-state index in [2.05, 4.69) is 48.5 Å². The lowest BCUT2D eigenvalue weighted by Crippen LogP contribution is -1.84. The fraction of sp³-hybridized carbons (Fsp3) is 0.267. The minimum atomic E-state index is 0.622. The lowest BCUT2D eigenvalue weighted by atomic mass is 10.1. The molecule has 1 heterocycles. The topological polar surface area (TPSA) is 12.9 Å². The van der Waals surface area contributed by atoms with E-state index >= 15 is 0 Å². The van der Waals surface area contributed by atoms with E-state index in [1.807, 2.05) is 18.2 Å². The Morgan fingerprint density at radius 2 is 2.06 bits per heavy atom. The molecular formula is C15H17NS. The van der Waals surface area contributed by atoms with Crippen molar-refractivity contribution in [3.05, 3.63) is 47.5 Å². The van der Waals surface area contributed by atoms with Crippen LogP contribution in [0.15, 0.2) is 41.8 Å². The van der Waals surface area contributed by atoms with Crippen LogP contribution in [0.4, 0.5) is 0 Å². The third kappa shape index (κ3) is 3.27. The first-order chi connectivity index (χ1) is 8.29. The summed E-state index contributed by atoms with van der Waals surface area (Å²) in [5.41, 5.74) is 2.26. The summed E-state index contributed by atoms with van der Waals surface area (Å²) in [7, 11) is 0. The van der Waals surface area contributed by atoms with E-state index in [0.29, 0.717) is 5.92 Å². The van der Waals surface area contributed by atoms with Crippen LogP contribution in [-0.4, -0.2) is 4.98 Å². The van der Waals surface area contributed by atoms with Crippen LogP contribution in [0.5, 0.6) is 0 Å². The maximum absolute atomic E-state index is 4.62. The molecule has 88 valence electrons. The van der Waals surface area contributed by atoms with Crippen LogP contribution >= 0.6 is 11.3 Å². The van der Waals surface area contributed by atoms with Crippen LogP contribution < -0.4 is 0 Å². The number of hydrogen-bond donors (Lipinski definition) is 0. The van der Waals surface area contributed by atoms with Crippen molar-refractivity contribution in [1.29, 1.82) is 0 Å². The number of hydrogen-bond acceptors (Lipinski definition) is 2. The predicted octanol–water partition coefficient (Wildman–Crippen LogP) is 4.87. The van der Waals surface area contributed by atoms with Gasteiger partial charge in [0.15, 0.2) is 0 Å². The highest BCUT2D eigenvalue weighted by Gasteiger charge is 2.02. The zero-order chi connectivity index (χ0) is 12.1. The molecule has 0 bridgehead atoms. The molecule has 0 aliphatic heterocycles. The van der Waals surface area contributed by atoms with E-state index in [-0.39, 0.29) is 0 Å². The third-order valence-corrected chi connectivity index (χ3v) is 3.69. The highest BCUT2D eigenvalue weighted by molar-refractivity contribution is 7.13. The highest BCUT2D eigenvalue weighted by Crippen LogP contribution is 2.24. The van der Waals surface area contributed by atoms with Crippen molar-refractivity contribution in [2.45, 2.75) is 20.3 Å². The fourth-order valence-electron chi connectivity index (χ4n) is 1.47. The van der Waals surface area contributed by atoms with E-state index in [1.165, 1.54) is 12.0 Å². The van der Waals surface area contributed by atoms with Gasteiger partial charge in [-0.2, -0.15) is 0 Å². The summed E-state index contributed by atoms with van der Waals surface area (Å²) in [6.07, 6.45) is 5.52. The lowest BCUT2D eigenvalue weighted by molar-refractivity contribution is 0.701. The third-order valence-electron chi connectivity index (χ3n) is 2.78. The molecule has 0 fully saturated rings. The average molecular weight is 243 g/mol. The van der Waals surface area contributed by atoms with Gasteiger partial charge in [-0.1, -0.05) is 56.7 Å². The monoisotopic (exact) mass is 243 g/mol. The molecule has 2 rings (SSSR count). The first-order valence-electron chi connectivity index (χ1n) is 5.98. The molecule has 1 aromatic carbocycles. The summed E-state index contributed by atoms with van der Waals surface area (Å²) in [4.78, 5) is 4.62. The van der Waals surface area contributed by atoms with Crippen LogP contribution in [0.1, 0.15) is 26.0 Å². The lowest BCUT2D eigenvalue weighted by Gasteiger charge is -1.97. The smallest absolute Gasteiger partial charge is 0.124 e. The molecule has 1 atom stereocenters. The Morgan fingerprint density at radius 3 is 2.76 bits per heavy atom. The first-order valence-corrected chi connectivity index (χ1v) is 6.86. The molecule has 1 unspecified atom stereocenters. The molecule has 0 N–H and O–H groups in total. The number of nitrogens with zero attached hydrogens (tertiary/aromatic N) is 1. The van der Waals surface area contributed by atoms with Gasteiger partial charge in [-0.3, -0.25) is 0 Å². The molecule has 1 aromatic heterocycles. The maximum Gasteiger partial charge on any atom is 0.124 e. The first kappa shape index (κ1) is 12.1. The summed E-state index contributed by atoms with van der Waals surface area (Å²) in [6, 6.07) is 10.3. The Bertz CT molecular complexity index is 485. The van der Waals surface area contributed by atoms with E-state index in [0.717, 1.165) is 10.7 Å². The Hall–Kier alpha value is -1.41.